The molecule has 162 valence electrons. The van der Waals surface area contributed by atoms with Gasteiger partial charge in [0, 0.05) is 5.56 Å². The van der Waals surface area contributed by atoms with Crippen LogP contribution >= 0.6 is 0 Å². The van der Waals surface area contributed by atoms with Crippen molar-refractivity contribution in [3.63, 3.8) is 0 Å². The second kappa shape index (κ2) is 9.29. The van der Waals surface area contributed by atoms with Gasteiger partial charge in [-0.2, -0.15) is 13.2 Å². The molecule has 0 bridgehead atoms. The van der Waals surface area contributed by atoms with Crippen molar-refractivity contribution in [1.82, 2.24) is 0 Å². The second-order valence-electron chi connectivity index (χ2n) is 6.87. The molecule has 0 atom stereocenters. The van der Waals surface area contributed by atoms with E-state index in [1.54, 1.807) is 6.07 Å². The molecule has 0 amide bonds. The van der Waals surface area contributed by atoms with Crippen LogP contribution in [0.15, 0.2) is 66.9 Å². The number of hydrogen-bond acceptors (Lipinski definition) is 1. The molecular weight excluding hydrogens is 418 g/mol. The molecule has 3 aromatic rings. The van der Waals surface area contributed by atoms with Gasteiger partial charge >= 0.3 is 6.18 Å². The standard InChI is InChI=1S/C24H18F6O/c1-2-3-15-4-6-16(7-5-15)17-8-9-19(20(25)12-17)18-13-21(26)23(22(27)14-18)31-11-10-24(28,29)30/h4-14H,2-3H2,1H3. The van der Waals surface area contributed by atoms with Gasteiger partial charge < -0.3 is 4.74 Å². The van der Waals surface area contributed by atoms with Gasteiger partial charge in [-0.1, -0.05) is 49.7 Å². The highest BCUT2D eigenvalue weighted by atomic mass is 19.4. The second-order valence-corrected chi connectivity index (χ2v) is 6.87. The maximum Gasteiger partial charge on any atom is 0.412 e. The number of benzene rings is 3. The zero-order chi connectivity index (χ0) is 22.6. The van der Waals surface area contributed by atoms with E-state index in [-0.39, 0.29) is 23.5 Å². The maximum atomic E-state index is 14.7. The largest absolute Gasteiger partial charge is 0.459 e. The molecule has 31 heavy (non-hydrogen) atoms. The van der Waals surface area contributed by atoms with Crippen molar-refractivity contribution in [2.75, 3.05) is 0 Å². The third-order valence-corrected chi connectivity index (χ3v) is 4.55. The van der Waals surface area contributed by atoms with Gasteiger partial charge in [-0.3, -0.25) is 0 Å². The molecule has 7 heteroatoms. The lowest BCUT2D eigenvalue weighted by atomic mass is 9.98. The SMILES string of the molecule is CCCc1ccc(-c2ccc(-c3cc(F)c(OC=CC(F)(F)F)c(F)c3)c(F)c2)cc1. The van der Waals surface area contributed by atoms with E-state index in [0.717, 1.165) is 30.5 Å². The summed E-state index contributed by atoms with van der Waals surface area (Å²) in [6.45, 7) is 2.07. The molecule has 0 aliphatic heterocycles. The molecule has 0 saturated carbocycles. The van der Waals surface area contributed by atoms with E-state index in [4.69, 9.17) is 0 Å². The molecule has 3 aromatic carbocycles. The average molecular weight is 436 g/mol. The Hall–Kier alpha value is -3.22. The van der Waals surface area contributed by atoms with Gasteiger partial charge in [0.2, 0.25) is 0 Å². The number of halogens is 6. The number of rotatable bonds is 6. The van der Waals surface area contributed by atoms with Gasteiger partial charge in [-0.05, 0) is 46.9 Å². The van der Waals surface area contributed by atoms with Crippen molar-refractivity contribution in [1.29, 1.82) is 0 Å². The molecule has 0 aliphatic carbocycles. The van der Waals surface area contributed by atoms with E-state index in [2.05, 4.69) is 11.7 Å². The first-order valence-corrected chi connectivity index (χ1v) is 9.47. The molecule has 0 spiro atoms. The maximum absolute atomic E-state index is 14.7. The minimum Gasteiger partial charge on any atom is -0.459 e. The summed E-state index contributed by atoms with van der Waals surface area (Å²) in [6, 6.07) is 13.6. The van der Waals surface area contributed by atoms with E-state index in [1.165, 1.54) is 17.7 Å². The first-order valence-electron chi connectivity index (χ1n) is 9.47. The first-order chi connectivity index (χ1) is 14.7. The summed E-state index contributed by atoms with van der Waals surface area (Å²) < 4.78 is 83.8. The van der Waals surface area contributed by atoms with Crippen LogP contribution < -0.4 is 4.74 Å². The van der Waals surface area contributed by atoms with Gasteiger partial charge in [-0.25, -0.2) is 13.2 Å². The fourth-order valence-corrected chi connectivity index (χ4v) is 3.09. The lowest BCUT2D eigenvalue weighted by Crippen LogP contribution is -2.02. The van der Waals surface area contributed by atoms with Crippen LogP contribution in [0.1, 0.15) is 18.9 Å². The number of hydrogen-bond donors (Lipinski definition) is 0. The first kappa shape index (κ1) is 22.5. The number of aryl methyl sites for hydroxylation is 1. The Kier molecular flexibility index (Phi) is 6.73. The lowest BCUT2D eigenvalue weighted by molar-refractivity contribution is -0.0809. The molecular formula is C24H18F6O. The summed E-state index contributed by atoms with van der Waals surface area (Å²) in [5.41, 5.74) is 2.40. The summed E-state index contributed by atoms with van der Waals surface area (Å²) >= 11 is 0. The smallest absolute Gasteiger partial charge is 0.412 e. The van der Waals surface area contributed by atoms with E-state index >= 15 is 0 Å². The van der Waals surface area contributed by atoms with Crippen molar-refractivity contribution in [3.05, 3.63) is 90.0 Å². The number of allylic oxidation sites excluding steroid dienone is 1. The highest BCUT2D eigenvalue weighted by molar-refractivity contribution is 5.71. The predicted octanol–water partition coefficient (Wildman–Crippen LogP) is 7.85. The number of alkyl halides is 3. The molecule has 0 aromatic heterocycles. The van der Waals surface area contributed by atoms with Crippen LogP contribution in [0, 0.1) is 17.5 Å². The van der Waals surface area contributed by atoms with E-state index in [1.807, 2.05) is 24.3 Å². The molecule has 3 rings (SSSR count). The lowest BCUT2D eigenvalue weighted by Gasteiger charge is -2.10. The Morgan fingerprint density at radius 3 is 1.90 bits per heavy atom. The monoisotopic (exact) mass is 436 g/mol. The van der Waals surface area contributed by atoms with Crippen LogP contribution in [-0.4, -0.2) is 6.18 Å². The minimum absolute atomic E-state index is 0.0541. The zero-order valence-corrected chi connectivity index (χ0v) is 16.4. The normalized spacial score (nSPS) is 11.8. The molecule has 0 radical (unpaired) electrons. The molecule has 0 heterocycles. The fraction of sp³-hybridized carbons (Fsp3) is 0.167. The molecule has 0 unspecified atom stereocenters. The Bertz CT molecular complexity index is 1060. The highest BCUT2D eigenvalue weighted by Crippen LogP contribution is 2.33. The quantitative estimate of drug-likeness (QED) is 0.282. The third kappa shape index (κ3) is 5.69. The summed E-state index contributed by atoms with van der Waals surface area (Å²) in [6.07, 6.45) is -2.89. The Morgan fingerprint density at radius 2 is 1.35 bits per heavy atom. The van der Waals surface area contributed by atoms with Gasteiger partial charge in [0.15, 0.2) is 17.4 Å². The van der Waals surface area contributed by atoms with Crippen LogP contribution in [0.3, 0.4) is 0 Å². The van der Waals surface area contributed by atoms with Gasteiger partial charge in [0.05, 0.1) is 12.3 Å². The average Bonchev–Trinajstić information content (AvgIpc) is 2.70. The minimum atomic E-state index is -4.69. The van der Waals surface area contributed by atoms with E-state index < -0.39 is 29.4 Å². The molecule has 0 saturated heterocycles. The van der Waals surface area contributed by atoms with Crippen molar-refractivity contribution in [2.24, 2.45) is 0 Å². The van der Waals surface area contributed by atoms with Crippen LogP contribution in [0.25, 0.3) is 22.3 Å². The summed E-state index contributed by atoms with van der Waals surface area (Å²) in [7, 11) is 0. The fourth-order valence-electron chi connectivity index (χ4n) is 3.09. The third-order valence-electron chi connectivity index (χ3n) is 4.55. The van der Waals surface area contributed by atoms with Gasteiger partial charge in [0.25, 0.3) is 0 Å². The predicted molar refractivity (Wildman–Crippen MR) is 107 cm³/mol. The van der Waals surface area contributed by atoms with Crippen molar-refractivity contribution >= 4 is 0 Å². The van der Waals surface area contributed by atoms with E-state index in [9.17, 15) is 26.3 Å². The van der Waals surface area contributed by atoms with Crippen LogP contribution in [0.5, 0.6) is 5.75 Å². The van der Waals surface area contributed by atoms with Crippen LogP contribution in [0.2, 0.25) is 0 Å². The summed E-state index contributed by atoms with van der Waals surface area (Å²) in [5.74, 6) is -4.21. The number of ether oxygens (including phenoxy) is 1. The molecule has 1 nitrogen and oxygen atoms in total. The van der Waals surface area contributed by atoms with Crippen molar-refractivity contribution in [3.8, 4) is 28.0 Å². The van der Waals surface area contributed by atoms with Gasteiger partial charge in [-0.15, -0.1) is 0 Å². The van der Waals surface area contributed by atoms with E-state index in [0.29, 0.717) is 5.56 Å². The zero-order valence-electron chi connectivity index (χ0n) is 16.4. The highest BCUT2D eigenvalue weighted by Gasteiger charge is 2.23. The topological polar surface area (TPSA) is 9.23 Å². The van der Waals surface area contributed by atoms with Crippen LogP contribution in [0.4, 0.5) is 26.3 Å². The molecule has 0 fully saturated rings. The van der Waals surface area contributed by atoms with Crippen molar-refractivity contribution in [2.45, 2.75) is 25.9 Å². The van der Waals surface area contributed by atoms with Crippen LogP contribution in [-0.2, 0) is 6.42 Å². The van der Waals surface area contributed by atoms with Gasteiger partial charge in [0.1, 0.15) is 5.82 Å². The van der Waals surface area contributed by atoms with Crippen molar-refractivity contribution < 1.29 is 31.1 Å². The summed E-state index contributed by atoms with van der Waals surface area (Å²) in [4.78, 5) is 0. The molecule has 0 N–H and O–H groups in total. The Balaban J connectivity index is 1.86. The Morgan fingerprint density at radius 1 is 0.774 bits per heavy atom. The molecule has 0 aliphatic rings. The summed E-state index contributed by atoms with van der Waals surface area (Å²) in [5, 5.41) is 0. The Labute approximate surface area is 175 Å².